The van der Waals surface area contributed by atoms with Gasteiger partial charge in [-0.2, -0.15) is 13.2 Å². The van der Waals surface area contributed by atoms with Crippen molar-refractivity contribution in [2.75, 3.05) is 10.2 Å². The Kier molecular flexibility index (Phi) is 6.34. The predicted molar refractivity (Wildman–Crippen MR) is 122 cm³/mol. The number of anilines is 2. The van der Waals surface area contributed by atoms with Gasteiger partial charge in [0.15, 0.2) is 17.7 Å². The van der Waals surface area contributed by atoms with Crippen LogP contribution in [0.1, 0.15) is 61.6 Å². The normalized spacial score (nSPS) is 21.0. The van der Waals surface area contributed by atoms with E-state index < -0.39 is 66.0 Å². The minimum Gasteiger partial charge on any atom is -0.476 e. The number of fused-ring (bicyclic) bond motifs is 1. The topological polar surface area (TPSA) is 58.6 Å². The van der Waals surface area contributed by atoms with E-state index in [0.717, 1.165) is 11.0 Å². The van der Waals surface area contributed by atoms with Gasteiger partial charge in [-0.05, 0) is 60.9 Å². The quantitative estimate of drug-likeness (QED) is 0.420. The summed E-state index contributed by atoms with van der Waals surface area (Å²) in [6, 6.07) is 3.77. The lowest BCUT2D eigenvalue weighted by molar-refractivity contribution is -0.140. The highest BCUT2D eigenvalue weighted by Crippen LogP contribution is 2.51. The van der Waals surface area contributed by atoms with Crippen molar-refractivity contribution in [3.63, 3.8) is 0 Å². The van der Waals surface area contributed by atoms with E-state index in [1.807, 2.05) is 0 Å². The molecule has 2 amide bonds. The molecule has 0 spiro atoms. The van der Waals surface area contributed by atoms with Crippen molar-refractivity contribution < 1.29 is 45.1 Å². The molecule has 0 aromatic heterocycles. The lowest BCUT2D eigenvalue weighted by Gasteiger charge is -2.35. The third kappa shape index (κ3) is 5.04. The number of ether oxygens (including phenoxy) is 1. The first-order chi connectivity index (χ1) is 17.7. The van der Waals surface area contributed by atoms with Crippen molar-refractivity contribution in [2.45, 2.75) is 69.7 Å². The van der Waals surface area contributed by atoms with Crippen LogP contribution in [0.15, 0.2) is 24.3 Å². The fourth-order valence-corrected chi connectivity index (χ4v) is 4.97. The van der Waals surface area contributed by atoms with Gasteiger partial charge in [0.25, 0.3) is 5.91 Å². The molecule has 3 aliphatic rings. The van der Waals surface area contributed by atoms with Crippen LogP contribution in [-0.4, -0.2) is 23.8 Å². The Morgan fingerprint density at radius 2 is 1.84 bits per heavy atom. The van der Waals surface area contributed by atoms with Gasteiger partial charge in [0, 0.05) is 19.3 Å². The van der Waals surface area contributed by atoms with Gasteiger partial charge >= 0.3 is 6.18 Å². The molecule has 1 unspecified atom stereocenters. The highest BCUT2D eigenvalue weighted by atomic mass is 19.4. The Labute approximate surface area is 212 Å². The fourth-order valence-electron chi connectivity index (χ4n) is 4.97. The Bertz CT molecular complexity index is 1300. The Hall–Kier alpha value is -3.31. The number of rotatable bonds is 6. The predicted octanol–water partition coefficient (Wildman–Crippen LogP) is 6.55. The van der Waals surface area contributed by atoms with Gasteiger partial charge in [-0.15, -0.1) is 0 Å². The highest BCUT2D eigenvalue weighted by molar-refractivity contribution is 6.01. The van der Waals surface area contributed by atoms with Gasteiger partial charge in [-0.1, -0.05) is 6.07 Å². The van der Waals surface area contributed by atoms with Gasteiger partial charge in [0.05, 0.1) is 23.5 Å². The summed E-state index contributed by atoms with van der Waals surface area (Å²) in [5.74, 6) is -7.46. The average Bonchev–Trinajstić information content (AvgIpc) is 3.62. The number of hydrogen-bond donors (Lipinski definition) is 1. The number of amides is 2. The number of hydrogen-bond acceptors (Lipinski definition) is 3. The molecule has 0 radical (unpaired) electrons. The second-order valence-electron chi connectivity index (χ2n) is 10.2. The van der Waals surface area contributed by atoms with E-state index in [9.17, 15) is 35.9 Å². The summed E-state index contributed by atoms with van der Waals surface area (Å²) in [6.07, 6.45) is -5.71. The average molecular weight is 544 g/mol. The minimum atomic E-state index is -4.89. The molecule has 0 saturated heterocycles. The first-order valence-electron chi connectivity index (χ1n) is 12.1. The standard InChI is InChI=1S/C26H23F7N2O3/c1-12-24(37)35(11-13-2-5-17(18(27)6-13)26(31,32)33)19-8-16(15-3-4-15)22(21(28)23(19)38-12)34-20(36)7-14-9-25(29,30)10-14/h2,5-6,8,12,14-15H,3-4,7,9-11H2,1H3,(H,34,36). The molecule has 5 nitrogen and oxygen atoms in total. The molecule has 204 valence electrons. The fraction of sp³-hybridized carbons (Fsp3) is 0.462. The van der Waals surface area contributed by atoms with Gasteiger partial charge in [-0.25, -0.2) is 17.6 Å². The molecule has 2 aromatic rings. The molecule has 2 saturated carbocycles. The van der Waals surface area contributed by atoms with Gasteiger partial charge in [-0.3, -0.25) is 9.59 Å². The van der Waals surface area contributed by atoms with Crippen molar-refractivity contribution >= 4 is 23.2 Å². The summed E-state index contributed by atoms with van der Waals surface area (Å²) >= 11 is 0. The smallest absolute Gasteiger partial charge is 0.419 e. The molecule has 38 heavy (non-hydrogen) atoms. The lowest BCUT2D eigenvalue weighted by Crippen LogP contribution is -2.44. The zero-order chi connectivity index (χ0) is 27.6. The third-order valence-electron chi connectivity index (χ3n) is 7.04. The van der Waals surface area contributed by atoms with Crippen LogP contribution in [0.2, 0.25) is 0 Å². The van der Waals surface area contributed by atoms with E-state index in [4.69, 9.17) is 4.74 Å². The monoisotopic (exact) mass is 544 g/mol. The molecule has 0 bridgehead atoms. The summed E-state index contributed by atoms with van der Waals surface area (Å²) < 4.78 is 101. The number of benzene rings is 2. The molecular weight excluding hydrogens is 521 g/mol. The Morgan fingerprint density at radius 1 is 1.16 bits per heavy atom. The van der Waals surface area contributed by atoms with Crippen LogP contribution in [-0.2, 0) is 22.3 Å². The van der Waals surface area contributed by atoms with Crippen LogP contribution in [0, 0.1) is 17.6 Å². The van der Waals surface area contributed by atoms with Crippen molar-refractivity contribution in [1.82, 2.24) is 0 Å². The molecule has 5 rings (SSSR count). The number of nitrogens with zero attached hydrogens (tertiary/aromatic N) is 1. The first-order valence-corrected chi connectivity index (χ1v) is 12.1. The maximum absolute atomic E-state index is 15.8. The molecule has 1 atom stereocenters. The van der Waals surface area contributed by atoms with Crippen LogP contribution in [0.3, 0.4) is 0 Å². The van der Waals surface area contributed by atoms with Crippen molar-refractivity contribution in [1.29, 1.82) is 0 Å². The Morgan fingerprint density at radius 3 is 2.42 bits per heavy atom. The molecule has 1 heterocycles. The molecule has 1 N–H and O–H groups in total. The van der Waals surface area contributed by atoms with E-state index in [1.165, 1.54) is 13.0 Å². The largest absolute Gasteiger partial charge is 0.476 e. The van der Waals surface area contributed by atoms with E-state index >= 15 is 4.39 Å². The van der Waals surface area contributed by atoms with E-state index in [0.29, 0.717) is 30.5 Å². The van der Waals surface area contributed by atoms with Crippen molar-refractivity contribution in [3.8, 4) is 5.75 Å². The third-order valence-corrected chi connectivity index (χ3v) is 7.04. The summed E-state index contributed by atoms with van der Waals surface area (Å²) in [5.41, 5.74) is -1.15. The molecule has 2 fully saturated rings. The number of alkyl halides is 5. The summed E-state index contributed by atoms with van der Waals surface area (Å²) in [7, 11) is 0. The Balaban J connectivity index is 1.46. The minimum absolute atomic E-state index is 0.00411. The first kappa shape index (κ1) is 26.3. The SMILES string of the molecule is CC1Oc2c(cc(C3CC3)c(NC(=O)CC3CC(F)(F)C3)c2F)N(Cc2ccc(C(F)(F)F)c(F)c2)C1=O. The van der Waals surface area contributed by atoms with Crippen LogP contribution < -0.4 is 15.0 Å². The number of carbonyl (C=O) groups is 2. The number of halogens is 7. The van der Waals surface area contributed by atoms with E-state index in [2.05, 4.69) is 5.32 Å². The summed E-state index contributed by atoms with van der Waals surface area (Å²) in [6.45, 7) is 1.01. The van der Waals surface area contributed by atoms with Gasteiger partial charge in [0.1, 0.15) is 5.82 Å². The summed E-state index contributed by atoms with van der Waals surface area (Å²) in [4.78, 5) is 26.6. The maximum atomic E-state index is 15.8. The van der Waals surface area contributed by atoms with Gasteiger partial charge < -0.3 is 15.0 Å². The maximum Gasteiger partial charge on any atom is 0.419 e. The molecule has 12 heteroatoms. The number of carbonyl (C=O) groups excluding carboxylic acids is 2. The number of nitrogens with one attached hydrogen (secondary N) is 1. The zero-order valence-corrected chi connectivity index (χ0v) is 20.1. The van der Waals surface area contributed by atoms with Crippen LogP contribution in [0.4, 0.5) is 42.1 Å². The van der Waals surface area contributed by atoms with Crippen molar-refractivity contribution in [3.05, 3.63) is 52.6 Å². The lowest BCUT2D eigenvalue weighted by atomic mass is 9.79. The molecule has 1 aliphatic heterocycles. The van der Waals surface area contributed by atoms with Crippen molar-refractivity contribution in [2.24, 2.45) is 5.92 Å². The molecule has 2 aromatic carbocycles. The highest BCUT2D eigenvalue weighted by Gasteiger charge is 2.46. The second-order valence-corrected chi connectivity index (χ2v) is 10.2. The second kappa shape index (κ2) is 9.16. The van der Waals surface area contributed by atoms with Crippen LogP contribution in [0.5, 0.6) is 5.75 Å². The summed E-state index contributed by atoms with van der Waals surface area (Å²) in [5, 5.41) is 2.50. The van der Waals surface area contributed by atoms with Crippen LogP contribution in [0.25, 0.3) is 0 Å². The molecular formula is C26H23F7N2O3. The zero-order valence-electron chi connectivity index (χ0n) is 20.1. The molecule has 2 aliphatic carbocycles. The van der Waals surface area contributed by atoms with E-state index in [1.54, 1.807) is 0 Å². The van der Waals surface area contributed by atoms with E-state index in [-0.39, 0.29) is 41.6 Å². The van der Waals surface area contributed by atoms with Gasteiger partial charge in [0.2, 0.25) is 11.8 Å². The van der Waals surface area contributed by atoms with Crippen LogP contribution >= 0.6 is 0 Å².